The van der Waals surface area contributed by atoms with E-state index < -0.39 is 11.5 Å². The summed E-state index contributed by atoms with van der Waals surface area (Å²) in [4.78, 5) is 46.2. The van der Waals surface area contributed by atoms with Crippen LogP contribution in [0.4, 0.5) is 0 Å². The van der Waals surface area contributed by atoms with Crippen molar-refractivity contribution in [2.75, 3.05) is 7.05 Å². The Balaban J connectivity index is 1.79. The molecule has 1 fully saturated rings. The molecule has 0 unspecified atom stereocenters. The van der Waals surface area contributed by atoms with E-state index in [0.717, 1.165) is 18.4 Å². The van der Waals surface area contributed by atoms with Crippen LogP contribution < -0.4 is 16.2 Å². The summed E-state index contributed by atoms with van der Waals surface area (Å²) in [6, 6.07) is 7.04. The topological polar surface area (TPSA) is 106 Å². The van der Waals surface area contributed by atoms with Gasteiger partial charge in [-0.05, 0) is 30.5 Å². The third-order valence-electron chi connectivity index (χ3n) is 4.66. The van der Waals surface area contributed by atoms with Crippen LogP contribution in [0.2, 0.25) is 0 Å². The first-order chi connectivity index (χ1) is 13.6. The zero-order valence-corrected chi connectivity index (χ0v) is 15.3. The smallest absolute Gasteiger partial charge is 0.263 e. The minimum Gasteiger partial charge on any atom is -0.355 e. The lowest BCUT2D eigenvalue weighted by Gasteiger charge is -2.12. The number of carbonyl (C=O) groups excluding carboxylic acids is 2. The van der Waals surface area contributed by atoms with Crippen molar-refractivity contribution in [1.29, 1.82) is 0 Å². The fourth-order valence-electron chi connectivity index (χ4n) is 3.03. The highest BCUT2D eigenvalue weighted by molar-refractivity contribution is 5.99. The fourth-order valence-corrected chi connectivity index (χ4v) is 3.03. The maximum atomic E-state index is 12.9. The van der Waals surface area contributed by atoms with Gasteiger partial charge in [-0.3, -0.25) is 24.4 Å². The maximum absolute atomic E-state index is 12.9. The SMILES string of the molecule is CNC(=O)c1cc(C(=O)NC2CC2)cn(Cc2cccc3nccnc23)c1=O. The van der Waals surface area contributed by atoms with Gasteiger partial charge >= 0.3 is 0 Å². The normalized spacial score (nSPS) is 13.3. The zero-order valence-electron chi connectivity index (χ0n) is 15.3. The van der Waals surface area contributed by atoms with Gasteiger partial charge in [0.2, 0.25) is 0 Å². The molecule has 2 amide bonds. The molecular weight excluding hydrogens is 358 g/mol. The largest absolute Gasteiger partial charge is 0.355 e. The summed E-state index contributed by atoms with van der Waals surface area (Å²) in [6.07, 6.45) is 6.57. The van der Waals surface area contributed by atoms with Gasteiger partial charge in [0.1, 0.15) is 5.56 Å². The second-order valence-corrected chi connectivity index (χ2v) is 6.74. The summed E-state index contributed by atoms with van der Waals surface area (Å²) < 4.78 is 1.37. The maximum Gasteiger partial charge on any atom is 0.263 e. The van der Waals surface area contributed by atoms with Gasteiger partial charge in [-0.25, -0.2) is 0 Å². The number of hydrogen-bond acceptors (Lipinski definition) is 5. The van der Waals surface area contributed by atoms with Crippen molar-refractivity contribution in [1.82, 2.24) is 25.2 Å². The van der Waals surface area contributed by atoms with Crippen LogP contribution in [0.25, 0.3) is 11.0 Å². The molecule has 0 bridgehead atoms. The summed E-state index contributed by atoms with van der Waals surface area (Å²) in [5.74, 6) is -0.823. The Labute approximate surface area is 160 Å². The molecule has 2 N–H and O–H groups in total. The molecule has 0 radical (unpaired) electrons. The summed E-state index contributed by atoms with van der Waals surface area (Å²) in [7, 11) is 1.45. The number of fused-ring (bicyclic) bond motifs is 1. The number of nitrogens with zero attached hydrogens (tertiary/aromatic N) is 3. The van der Waals surface area contributed by atoms with E-state index in [-0.39, 0.29) is 29.6 Å². The number of amides is 2. The Kier molecular flexibility index (Phi) is 4.60. The monoisotopic (exact) mass is 377 g/mol. The molecule has 1 saturated carbocycles. The molecule has 1 aliphatic rings. The van der Waals surface area contributed by atoms with Crippen molar-refractivity contribution in [2.45, 2.75) is 25.4 Å². The summed E-state index contributed by atoms with van der Waals surface area (Å²) in [6.45, 7) is 0.170. The van der Waals surface area contributed by atoms with Gasteiger partial charge in [0.15, 0.2) is 0 Å². The highest BCUT2D eigenvalue weighted by Crippen LogP contribution is 2.19. The summed E-state index contributed by atoms with van der Waals surface area (Å²) >= 11 is 0. The molecule has 142 valence electrons. The van der Waals surface area contributed by atoms with E-state index in [4.69, 9.17) is 0 Å². The van der Waals surface area contributed by atoms with Crippen LogP contribution in [0.3, 0.4) is 0 Å². The molecule has 0 saturated heterocycles. The van der Waals surface area contributed by atoms with Crippen molar-refractivity contribution in [3.05, 3.63) is 69.9 Å². The van der Waals surface area contributed by atoms with E-state index in [1.54, 1.807) is 12.4 Å². The van der Waals surface area contributed by atoms with E-state index in [9.17, 15) is 14.4 Å². The number of para-hydroxylation sites is 1. The lowest BCUT2D eigenvalue weighted by atomic mass is 10.1. The first-order valence-corrected chi connectivity index (χ1v) is 9.03. The number of benzene rings is 1. The molecule has 8 heteroatoms. The Morgan fingerprint density at radius 3 is 2.71 bits per heavy atom. The molecule has 1 aromatic carbocycles. The van der Waals surface area contributed by atoms with Crippen molar-refractivity contribution >= 4 is 22.8 Å². The second-order valence-electron chi connectivity index (χ2n) is 6.74. The van der Waals surface area contributed by atoms with Gasteiger partial charge in [-0.15, -0.1) is 0 Å². The number of pyridine rings is 1. The predicted octanol–water partition coefficient (Wildman–Crippen LogP) is 1.09. The third kappa shape index (κ3) is 3.48. The molecule has 0 spiro atoms. The van der Waals surface area contributed by atoms with Crippen molar-refractivity contribution in [2.24, 2.45) is 0 Å². The van der Waals surface area contributed by atoms with Crippen LogP contribution in [0.5, 0.6) is 0 Å². The third-order valence-corrected chi connectivity index (χ3v) is 4.66. The zero-order chi connectivity index (χ0) is 19.7. The molecule has 4 rings (SSSR count). The predicted molar refractivity (Wildman–Crippen MR) is 103 cm³/mol. The quantitative estimate of drug-likeness (QED) is 0.692. The Morgan fingerprint density at radius 2 is 1.96 bits per heavy atom. The molecule has 1 aliphatic carbocycles. The first kappa shape index (κ1) is 17.8. The van der Waals surface area contributed by atoms with E-state index in [2.05, 4.69) is 20.6 Å². The molecule has 2 heterocycles. The molecule has 0 aliphatic heterocycles. The van der Waals surface area contributed by atoms with E-state index in [1.165, 1.54) is 23.9 Å². The van der Waals surface area contributed by atoms with Crippen LogP contribution in [-0.2, 0) is 6.54 Å². The summed E-state index contributed by atoms with van der Waals surface area (Å²) in [5.41, 5.74) is 1.89. The van der Waals surface area contributed by atoms with Crippen molar-refractivity contribution < 1.29 is 9.59 Å². The van der Waals surface area contributed by atoms with Crippen molar-refractivity contribution in [3.63, 3.8) is 0 Å². The van der Waals surface area contributed by atoms with E-state index >= 15 is 0 Å². The Morgan fingerprint density at radius 1 is 1.18 bits per heavy atom. The average molecular weight is 377 g/mol. The molecule has 28 heavy (non-hydrogen) atoms. The first-order valence-electron chi connectivity index (χ1n) is 9.03. The van der Waals surface area contributed by atoms with Crippen LogP contribution in [0.15, 0.2) is 47.7 Å². The van der Waals surface area contributed by atoms with Gasteiger partial charge in [-0.2, -0.15) is 0 Å². The number of aromatic nitrogens is 3. The van der Waals surface area contributed by atoms with E-state index in [1.807, 2.05) is 18.2 Å². The molecule has 8 nitrogen and oxygen atoms in total. The van der Waals surface area contributed by atoms with Crippen LogP contribution in [0.1, 0.15) is 39.1 Å². The highest BCUT2D eigenvalue weighted by Gasteiger charge is 2.25. The lowest BCUT2D eigenvalue weighted by Crippen LogP contribution is -2.34. The van der Waals surface area contributed by atoms with Crippen LogP contribution in [0, 0.1) is 0 Å². The number of nitrogens with one attached hydrogen (secondary N) is 2. The number of rotatable bonds is 5. The molecule has 2 aromatic heterocycles. The minimum absolute atomic E-state index is 0.0720. The van der Waals surface area contributed by atoms with Crippen LogP contribution in [-0.4, -0.2) is 39.4 Å². The van der Waals surface area contributed by atoms with Crippen LogP contribution >= 0.6 is 0 Å². The van der Waals surface area contributed by atoms with Gasteiger partial charge in [0.25, 0.3) is 17.4 Å². The number of hydrogen-bond donors (Lipinski definition) is 2. The fraction of sp³-hybridized carbons (Fsp3) is 0.250. The van der Waals surface area contributed by atoms with Gasteiger partial charge in [0.05, 0.1) is 23.1 Å². The summed E-state index contributed by atoms with van der Waals surface area (Å²) in [5, 5.41) is 5.34. The van der Waals surface area contributed by atoms with Crippen molar-refractivity contribution in [3.8, 4) is 0 Å². The van der Waals surface area contributed by atoms with Gasteiger partial charge in [0, 0.05) is 31.7 Å². The second kappa shape index (κ2) is 7.22. The van der Waals surface area contributed by atoms with Gasteiger partial charge < -0.3 is 15.2 Å². The average Bonchev–Trinajstić information content (AvgIpc) is 3.53. The Hall–Kier alpha value is -3.55. The standard InChI is InChI=1S/C20H19N5O3/c1-21-19(27)15-9-13(18(26)24-14-5-6-14)11-25(20(15)28)10-12-3-2-4-16-17(12)23-8-7-22-16/h2-4,7-9,11,14H,5-6,10H2,1H3,(H,21,27)(H,24,26). The van der Waals surface area contributed by atoms with E-state index in [0.29, 0.717) is 11.0 Å². The molecule has 0 atom stereocenters. The lowest BCUT2D eigenvalue weighted by molar-refractivity contribution is 0.0950. The molecule has 3 aromatic rings. The Bertz CT molecular complexity index is 1130. The molecular formula is C20H19N5O3. The van der Waals surface area contributed by atoms with Gasteiger partial charge in [-0.1, -0.05) is 12.1 Å². The number of carbonyl (C=O) groups is 2. The minimum atomic E-state index is -0.530. The highest BCUT2D eigenvalue weighted by atomic mass is 16.2.